The molecule has 250 valence electrons. The van der Waals surface area contributed by atoms with E-state index in [1.165, 1.54) is 18.3 Å². The van der Waals surface area contributed by atoms with Gasteiger partial charge in [0.05, 0.1) is 22.4 Å². The van der Waals surface area contributed by atoms with Gasteiger partial charge in [0.15, 0.2) is 5.82 Å². The lowest BCUT2D eigenvalue weighted by Gasteiger charge is -2.31. The van der Waals surface area contributed by atoms with Crippen molar-refractivity contribution in [2.45, 2.75) is 57.0 Å². The van der Waals surface area contributed by atoms with Crippen LogP contribution in [0.2, 0.25) is 0 Å². The first kappa shape index (κ1) is 32.3. The number of nitrogens with one attached hydrogen (secondary N) is 1. The minimum atomic E-state index is -0.717. The Hall–Kier alpha value is -5.26. The maximum absolute atomic E-state index is 17.0. The Morgan fingerprint density at radius 3 is 2.78 bits per heavy atom. The number of nitriles is 1. The monoisotopic (exact) mass is 659 g/mol. The lowest BCUT2D eigenvalue weighted by atomic mass is 9.83. The molecule has 3 aliphatic rings. The fraction of sp³-hybridized carbons (Fsp3) is 0.395. The second kappa shape index (κ2) is 12.6. The zero-order chi connectivity index (χ0) is 34.3. The highest BCUT2D eigenvalue weighted by molar-refractivity contribution is 6.02. The fourth-order valence-corrected chi connectivity index (χ4v) is 7.99. The molecule has 3 aliphatic heterocycles. The summed E-state index contributed by atoms with van der Waals surface area (Å²) in [5.74, 6) is 1.96. The number of anilines is 1. The molecule has 7 rings (SSSR count). The lowest BCUT2D eigenvalue weighted by Crippen LogP contribution is -2.44. The van der Waals surface area contributed by atoms with Crippen molar-refractivity contribution in [1.82, 2.24) is 25.2 Å². The molecule has 0 spiro atoms. The molecule has 2 N–H and O–H groups in total. The van der Waals surface area contributed by atoms with Gasteiger partial charge in [0.2, 0.25) is 5.91 Å². The van der Waals surface area contributed by atoms with E-state index in [4.69, 9.17) is 16.1 Å². The number of halogens is 1. The molecule has 3 fully saturated rings. The normalized spacial score (nSPS) is 21.9. The molecule has 0 saturated carbocycles. The van der Waals surface area contributed by atoms with Crippen LogP contribution in [-0.4, -0.2) is 75.2 Å². The van der Waals surface area contributed by atoms with Gasteiger partial charge in [0.25, 0.3) is 0 Å². The second-order valence-electron chi connectivity index (χ2n) is 13.7. The third-order valence-electron chi connectivity index (χ3n) is 10.5. The molecule has 4 aromatic rings. The molecule has 0 bridgehead atoms. The molecule has 11 heteroatoms. The Morgan fingerprint density at radius 2 is 2.04 bits per heavy atom. The average molecular weight is 660 g/mol. The van der Waals surface area contributed by atoms with Crippen LogP contribution in [0.25, 0.3) is 32.9 Å². The van der Waals surface area contributed by atoms with Gasteiger partial charge in [-0.3, -0.25) is 14.7 Å². The smallest absolute Gasteiger partial charge is 0.319 e. The SMILES string of the molecule is C#Cc1cccc2cc(O)cc(-c3ncc4c(N5CC[C@](C)(C#N)C[C@H](NC(=O)C=C)C5)nc(OCC56CCCN5CCC6)nc4c3F)c12. The summed E-state index contributed by atoms with van der Waals surface area (Å²) in [6, 6.07) is 10.4. The minimum Gasteiger partial charge on any atom is -0.508 e. The Morgan fingerprint density at radius 1 is 1.24 bits per heavy atom. The predicted octanol–water partition coefficient (Wildman–Crippen LogP) is 5.48. The van der Waals surface area contributed by atoms with E-state index in [0.29, 0.717) is 65.6 Å². The Balaban J connectivity index is 1.38. The molecular weight excluding hydrogens is 621 g/mol. The van der Waals surface area contributed by atoms with E-state index in [9.17, 15) is 15.2 Å². The van der Waals surface area contributed by atoms with Crippen molar-refractivity contribution < 1.29 is 19.0 Å². The van der Waals surface area contributed by atoms with Gasteiger partial charge in [-0.15, -0.1) is 6.42 Å². The van der Waals surface area contributed by atoms with Crippen molar-refractivity contribution in [2.75, 3.05) is 37.7 Å². The number of amides is 1. The highest BCUT2D eigenvalue weighted by Gasteiger charge is 2.45. The van der Waals surface area contributed by atoms with E-state index in [1.807, 2.05) is 11.8 Å². The first-order valence-corrected chi connectivity index (χ1v) is 16.7. The average Bonchev–Trinajstić information content (AvgIpc) is 3.64. The summed E-state index contributed by atoms with van der Waals surface area (Å²) in [4.78, 5) is 30.9. The van der Waals surface area contributed by atoms with Crippen molar-refractivity contribution in [3.63, 3.8) is 0 Å². The number of hydrogen-bond donors (Lipinski definition) is 2. The molecule has 10 nitrogen and oxygen atoms in total. The van der Waals surface area contributed by atoms with Gasteiger partial charge in [-0.25, -0.2) is 4.39 Å². The van der Waals surface area contributed by atoms with Crippen molar-refractivity contribution in [3.05, 3.63) is 60.6 Å². The van der Waals surface area contributed by atoms with Gasteiger partial charge in [-0.05, 0) is 88.2 Å². The number of ether oxygens (including phenoxy) is 1. The van der Waals surface area contributed by atoms with Crippen LogP contribution in [0.1, 0.15) is 51.0 Å². The quantitative estimate of drug-likeness (QED) is 0.196. The zero-order valence-corrected chi connectivity index (χ0v) is 27.5. The van der Waals surface area contributed by atoms with Crippen LogP contribution in [0.4, 0.5) is 10.2 Å². The van der Waals surface area contributed by atoms with E-state index < -0.39 is 17.3 Å². The number of carbonyl (C=O) groups is 1. The van der Waals surface area contributed by atoms with Crippen LogP contribution < -0.4 is 15.0 Å². The fourth-order valence-electron chi connectivity index (χ4n) is 7.99. The highest BCUT2D eigenvalue weighted by atomic mass is 19.1. The number of pyridine rings is 1. The number of benzene rings is 2. The molecule has 1 amide bonds. The van der Waals surface area contributed by atoms with Crippen LogP contribution >= 0.6 is 0 Å². The predicted molar refractivity (Wildman–Crippen MR) is 185 cm³/mol. The van der Waals surface area contributed by atoms with E-state index >= 15 is 4.39 Å². The van der Waals surface area contributed by atoms with Gasteiger partial charge in [0, 0.05) is 41.8 Å². The number of phenols is 1. The van der Waals surface area contributed by atoms with Crippen LogP contribution in [-0.2, 0) is 4.79 Å². The summed E-state index contributed by atoms with van der Waals surface area (Å²) in [5, 5.41) is 25.2. The number of fused-ring (bicyclic) bond motifs is 3. The first-order chi connectivity index (χ1) is 23.7. The second-order valence-corrected chi connectivity index (χ2v) is 13.7. The molecule has 49 heavy (non-hydrogen) atoms. The van der Waals surface area contributed by atoms with Gasteiger partial charge in [-0.1, -0.05) is 24.6 Å². The van der Waals surface area contributed by atoms with Gasteiger partial charge in [0.1, 0.15) is 29.4 Å². The van der Waals surface area contributed by atoms with Crippen LogP contribution in [0, 0.1) is 34.9 Å². The molecule has 0 radical (unpaired) electrons. The summed E-state index contributed by atoms with van der Waals surface area (Å²) < 4.78 is 23.4. The number of terminal acetylenes is 1. The number of rotatable bonds is 7. The molecule has 2 atom stereocenters. The van der Waals surface area contributed by atoms with Crippen LogP contribution in [0.5, 0.6) is 11.8 Å². The molecule has 0 aliphatic carbocycles. The Bertz CT molecular complexity index is 2060. The number of aromatic nitrogens is 3. The number of nitrogens with zero attached hydrogens (tertiary/aromatic N) is 6. The Labute approximate surface area is 284 Å². The molecule has 0 unspecified atom stereocenters. The highest BCUT2D eigenvalue weighted by Crippen LogP contribution is 2.41. The van der Waals surface area contributed by atoms with Crippen molar-refractivity contribution >= 4 is 33.4 Å². The molecule has 3 saturated heterocycles. The van der Waals surface area contributed by atoms with E-state index in [2.05, 4.69) is 38.8 Å². The van der Waals surface area contributed by atoms with Crippen molar-refractivity contribution in [2.24, 2.45) is 5.41 Å². The first-order valence-electron chi connectivity index (χ1n) is 16.7. The summed E-state index contributed by atoms with van der Waals surface area (Å²) in [7, 11) is 0. The Kier molecular flexibility index (Phi) is 8.33. The van der Waals surface area contributed by atoms with Crippen molar-refractivity contribution in [1.29, 1.82) is 5.26 Å². The number of aromatic hydroxyl groups is 1. The van der Waals surface area contributed by atoms with Crippen molar-refractivity contribution in [3.8, 4) is 41.4 Å². The summed E-state index contributed by atoms with van der Waals surface area (Å²) in [6.45, 7) is 8.62. The van der Waals surface area contributed by atoms with Crippen LogP contribution in [0.3, 0.4) is 0 Å². The van der Waals surface area contributed by atoms with Gasteiger partial charge in [-0.2, -0.15) is 15.2 Å². The van der Waals surface area contributed by atoms with E-state index in [-0.39, 0.29) is 34.4 Å². The molecule has 5 heterocycles. The van der Waals surface area contributed by atoms with Gasteiger partial charge < -0.3 is 20.1 Å². The standard InChI is InChI=1S/C38H38FN7O3/c1-4-24-9-6-10-25-17-27(47)18-28(31(24)25)33-32(39)34-29(20-41-33)35(44-36(43-34)49-23-38-11-7-14-46(38)15-8-12-38)45-16-13-37(3,22-40)19-26(21-45)42-30(48)5-2/h1,5-6,9-10,17-18,20,26,47H,2,7-8,11-16,19,21,23H2,3H3,(H,42,48)/t26-,37-/m0/s1. The van der Waals surface area contributed by atoms with E-state index in [1.54, 1.807) is 24.3 Å². The summed E-state index contributed by atoms with van der Waals surface area (Å²) in [6.07, 6.45) is 13.7. The maximum Gasteiger partial charge on any atom is 0.319 e. The zero-order valence-electron chi connectivity index (χ0n) is 27.5. The summed E-state index contributed by atoms with van der Waals surface area (Å²) in [5.41, 5.74) is 0.0485. The van der Waals surface area contributed by atoms with Gasteiger partial charge >= 0.3 is 6.01 Å². The molecule has 2 aromatic carbocycles. The maximum atomic E-state index is 17.0. The lowest BCUT2D eigenvalue weighted by molar-refractivity contribution is -0.117. The molecular formula is C38H38FN7O3. The summed E-state index contributed by atoms with van der Waals surface area (Å²) >= 11 is 0. The largest absolute Gasteiger partial charge is 0.508 e. The molecule has 2 aromatic heterocycles. The number of hydrogen-bond acceptors (Lipinski definition) is 9. The number of carbonyl (C=O) groups excluding carboxylic acids is 1. The minimum absolute atomic E-state index is 0.00542. The number of phenolic OH excluding ortho intramolecular Hbond substituents is 1. The van der Waals surface area contributed by atoms with Crippen LogP contribution in [0.15, 0.2) is 49.2 Å². The third-order valence-corrected chi connectivity index (χ3v) is 10.5. The topological polar surface area (TPSA) is 128 Å². The third kappa shape index (κ3) is 5.89. The van der Waals surface area contributed by atoms with E-state index in [0.717, 1.165) is 38.8 Å².